The lowest BCUT2D eigenvalue weighted by Gasteiger charge is -2.12. The zero-order chi connectivity index (χ0) is 10.6. The third kappa shape index (κ3) is 3.18. The van der Waals surface area contributed by atoms with Crippen molar-refractivity contribution in [1.82, 2.24) is 0 Å². The van der Waals surface area contributed by atoms with Gasteiger partial charge in [-0.2, -0.15) is 0 Å². The fourth-order valence-electron chi connectivity index (χ4n) is 1.48. The number of rotatable bonds is 4. The van der Waals surface area contributed by atoms with Crippen LogP contribution in [0.1, 0.15) is 16.7 Å². The third-order valence-corrected chi connectivity index (χ3v) is 3.32. The molecule has 0 aliphatic carbocycles. The van der Waals surface area contributed by atoms with Crippen LogP contribution in [0.25, 0.3) is 0 Å². The Morgan fingerprint density at radius 3 is 2.36 bits per heavy atom. The maximum absolute atomic E-state index is 5.83. The summed E-state index contributed by atoms with van der Waals surface area (Å²) in [6.45, 7) is 4.24. The molecule has 0 spiro atoms. The van der Waals surface area contributed by atoms with Gasteiger partial charge in [0.15, 0.2) is 0 Å². The molecule has 0 atom stereocenters. The Kier molecular flexibility index (Phi) is 4.77. The summed E-state index contributed by atoms with van der Waals surface area (Å²) in [6.07, 6.45) is 0.987. The van der Waals surface area contributed by atoms with E-state index in [0.29, 0.717) is 17.7 Å². The first kappa shape index (κ1) is 11.9. The minimum Gasteiger partial charge on any atom is -0.126 e. The quantitative estimate of drug-likeness (QED) is 0.688. The zero-order valence-corrected chi connectivity index (χ0v) is 10.2. The molecule has 2 heteroatoms. The van der Waals surface area contributed by atoms with Crippen molar-refractivity contribution < 1.29 is 0 Å². The molecule has 0 fully saturated rings. The maximum atomic E-state index is 5.83. The lowest BCUT2D eigenvalue weighted by Crippen LogP contribution is -2.09. The summed E-state index contributed by atoms with van der Waals surface area (Å²) in [5.41, 5.74) is 4.00. The molecule has 0 bridgehead atoms. The van der Waals surface area contributed by atoms with Gasteiger partial charge in [0.05, 0.1) is 0 Å². The first-order valence-electron chi connectivity index (χ1n) is 4.85. The van der Waals surface area contributed by atoms with Crippen LogP contribution < -0.4 is 0 Å². The largest absolute Gasteiger partial charge is 0.126 e. The van der Waals surface area contributed by atoms with Crippen molar-refractivity contribution in [1.29, 1.82) is 0 Å². The van der Waals surface area contributed by atoms with Gasteiger partial charge in [-0.15, -0.1) is 23.2 Å². The van der Waals surface area contributed by atoms with Crippen LogP contribution in [0, 0.1) is 19.8 Å². The second kappa shape index (κ2) is 5.63. The second-order valence-electron chi connectivity index (χ2n) is 3.81. The van der Waals surface area contributed by atoms with E-state index in [-0.39, 0.29) is 0 Å². The van der Waals surface area contributed by atoms with E-state index >= 15 is 0 Å². The lowest BCUT2D eigenvalue weighted by molar-refractivity contribution is 0.659. The SMILES string of the molecule is Cc1ccc(C)c(CC(CCl)CCl)c1. The highest BCUT2D eigenvalue weighted by molar-refractivity contribution is 6.20. The lowest BCUT2D eigenvalue weighted by atomic mass is 9.97. The Hall–Kier alpha value is -0.200. The molecule has 0 amide bonds. The number of aryl methyl sites for hydroxylation is 2. The first-order chi connectivity index (χ1) is 6.67. The van der Waals surface area contributed by atoms with Gasteiger partial charge in [-0.3, -0.25) is 0 Å². The smallest absolute Gasteiger partial charge is 0.0266 e. The maximum Gasteiger partial charge on any atom is 0.0266 e. The summed E-state index contributed by atoms with van der Waals surface area (Å²) in [6, 6.07) is 6.51. The predicted octanol–water partition coefficient (Wildman–Crippen LogP) is 3.94. The topological polar surface area (TPSA) is 0 Å². The molecule has 1 aromatic rings. The minimum atomic E-state index is 0.388. The van der Waals surface area contributed by atoms with Crippen LogP contribution in [0.4, 0.5) is 0 Å². The van der Waals surface area contributed by atoms with Gasteiger partial charge >= 0.3 is 0 Å². The minimum absolute atomic E-state index is 0.388. The summed E-state index contributed by atoms with van der Waals surface area (Å²) in [7, 11) is 0. The van der Waals surface area contributed by atoms with Gasteiger partial charge < -0.3 is 0 Å². The summed E-state index contributed by atoms with van der Waals surface area (Å²) in [5, 5.41) is 0. The highest BCUT2D eigenvalue weighted by Gasteiger charge is 2.08. The van der Waals surface area contributed by atoms with Gasteiger partial charge in [-0.25, -0.2) is 0 Å². The molecule has 1 aromatic carbocycles. The van der Waals surface area contributed by atoms with Crippen LogP contribution in [-0.2, 0) is 6.42 Å². The van der Waals surface area contributed by atoms with Crippen LogP contribution in [0.5, 0.6) is 0 Å². The standard InChI is InChI=1S/C12H16Cl2/c1-9-3-4-10(2)12(5-9)6-11(7-13)8-14/h3-5,11H,6-8H2,1-2H3. The van der Waals surface area contributed by atoms with Gasteiger partial charge in [0, 0.05) is 11.8 Å². The Morgan fingerprint density at radius 1 is 1.14 bits per heavy atom. The number of hydrogen-bond acceptors (Lipinski definition) is 0. The molecule has 0 radical (unpaired) electrons. The Bertz CT molecular complexity index is 290. The molecule has 0 aliphatic rings. The Labute approximate surface area is 96.2 Å². The summed E-state index contributed by atoms with van der Waals surface area (Å²) < 4.78 is 0. The molecule has 1 rings (SSSR count). The molecule has 0 aliphatic heterocycles. The molecule has 14 heavy (non-hydrogen) atoms. The van der Waals surface area contributed by atoms with Crippen LogP contribution in [-0.4, -0.2) is 11.8 Å². The van der Waals surface area contributed by atoms with E-state index in [1.807, 2.05) is 0 Å². The molecule has 0 saturated carbocycles. The Balaban J connectivity index is 2.79. The summed E-state index contributed by atoms with van der Waals surface area (Å²) >= 11 is 11.7. The second-order valence-corrected chi connectivity index (χ2v) is 4.43. The van der Waals surface area contributed by atoms with E-state index in [0.717, 1.165) is 6.42 Å². The van der Waals surface area contributed by atoms with Gasteiger partial charge in [0.25, 0.3) is 0 Å². The molecule has 0 aromatic heterocycles. The molecular formula is C12H16Cl2. The van der Waals surface area contributed by atoms with Gasteiger partial charge in [-0.05, 0) is 37.3 Å². The van der Waals surface area contributed by atoms with Crippen molar-refractivity contribution in [2.75, 3.05) is 11.8 Å². The fourth-order valence-corrected chi connectivity index (χ4v) is 2.03. The average molecular weight is 231 g/mol. The van der Waals surface area contributed by atoms with Crippen molar-refractivity contribution in [2.24, 2.45) is 5.92 Å². The number of hydrogen-bond donors (Lipinski definition) is 0. The molecule has 0 unspecified atom stereocenters. The van der Waals surface area contributed by atoms with E-state index in [1.54, 1.807) is 0 Å². The highest BCUT2D eigenvalue weighted by Crippen LogP contribution is 2.17. The fraction of sp³-hybridized carbons (Fsp3) is 0.500. The monoisotopic (exact) mass is 230 g/mol. The zero-order valence-electron chi connectivity index (χ0n) is 8.69. The number of halogens is 2. The normalized spacial score (nSPS) is 10.9. The molecule has 0 heterocycles. The van der Waals surface area contributed by atoms with Crippen molar-refractivity contribution in [2.45, 2.75) is 20.3 Å². The van der Waals surface area contributed by atoms with Gasteiger partial charge in [0.1, 0.15) is 0 Å². The molecule has 0 saturated heterocycles. The Morgan fingerprint density at radius 2 is 1.79 bits per heavy atom. The molecule has 0 nitrogen and oxygen atoms in total. The molecular weight excluding hydrogens is 215 g/mol. The molecule has 78 valence electrons. The van der Waals surface area contributed by atoms with Gasteiger partial charge in [0.2, 0.25) is 0 Å². The van der Waals surface area contributed by atoms with E-state index in [4.69, 9.17) is 23.2 Å². The highest BCUT2D eigenvalue weighted by atomic mass is 35.5. The molecule has 0 N–H and O–H groups in total. The first-order valence-corrected chi connectivity index (χ1v) is 5.92. The van der Waals surface area contributed by atoms with Crippen LogP contribution in [0.2, 0.25) is 0 Å². The van der Waals surface area contributed by atoms with E-state index in [2.05, 4.69) is 32.0 Å². The van der Waals surface area contributed by atoms with Crippen LogP contribution in [0.3, 0.4) is 0 Å². The predicted molar refractivity (Wildman–Crippen MR) is 64.6 cm³/mol. The van der Waals surface area contributed by atoms with E-state index < -0.39 is 0 Å². The van der Waals surface area contributed by atoms with Gasteiger partial charge in [-0.1, -0.05) is 23.8 Å². The summed E-state index contributed by atoms with van der Waals surface area (Å²) in [4.78, 5) is 0. The van der Waals surface area contributed by atoms with Crippen LogP contribution >= 0.6 is 23.2 Å². The van der Waals surface area contributed by atoms with Crippen molar-refractivity contribution in [3.63, 3.8) is 0 Å². The summed E-state index contributed by atoms with van der Waals surface area (Å²) in [5.74, 6) is 1.66. The van der Waals surface area contributed by atoms with Crippen molar-refractivity contribution >= 4 is 23.2 Å². The third-order valence-electron chi connectivity index (χ3n) is 2.45. The number of alkyl halides is 2. The average Bonchev–Trinajstić information content (AvgIpc) is 2.19. The van der Waals surface area contributed by atoms with Crippen molar-refractivity contribution in [3.05, 3.63) is 34.9 Å². The van der Waals surface area contributed by atoms with Crippen LogP contribution in [0.15, 0.2) is 18.2 Å². The van der Waals surface area contributed by atoms with E-state index in [1.165, 1.54) is 16.7 Å². The van der Waals surface area contributed by atoms with E-state index in [9.17, 15) is 0 Å². The number of benzene rings is 1. The van der Waals surface area contributed by atoms with Crippen molar-refractivity contribution in [3.8, 4) is 0 Å².